The van der Waals surface area contributed by atoms with Gasteiger partial charge in [0.25, 0.3) is 0 Å². The minimum atomic E-state index is -0.106. The van der Waals surface area contributed by atoms with E-state index in [1.165, 1.54) is 11.1 Å². The van der Waals surface area contributed by atoms with E-state index in [-0.39, 0.29) is 5.41 Å². The Bertz CT molecular complexity index is 380. The van der Waals surface area contributed by atoms with Crippen molar-refractivity contribution in [3.05, 3.63) is 35.4 Å². The fraction of sp³-hybridized carbons (Fsp3) is 0.462. The van der Waals surface area contributed by atoms with Gasteiger partial charge in [0.05, 0.1) is 11.5 Å². The van der Waals surface area contributed by atoms with E-state index in [0.29, 0.717) is 0 Å². The summed E-state index contributed by atoms with van der Waals surface area (Å²) in [7, 11) is 0. The molecule has 0 radical (unpaired) electrons. The third kappa shape index (κ3) is 2.19. The molecule has 2 nitrogen and oxygen atoms in total. The molecule has 0 N–H and O–H groups in total. The molecule has 1 aliphatic rings. The topological polar surface area (TPSA) is 27.0 Å². The van der Waals surface area contributed by atoms with Crippen LogP contribution in [0.2, 0.25) is 0 Å². The summed E-state index contributed by atoms with van der Waals surface area (Å²) in [5.41, 5.74) is 2.52. The summed E-state index contributed by atoms with van der Waals surface area (Å²) >= 11 is 0. The third-order valence-corrected chi connectivity index (χ3v) is 2.94. The van der Waals surface area contributed by atoms with E-state index >= 15 is 0 Å². The molecule has 0 amide bonds. The number of rotatable bonds is 2. The zero-order valence-corrected chi connectivity index (χ0v) is 9.33. The van der Waals surface area contributed by atoms with Gasteiger partial charge in [0.15, 0.2) is 0 Å². The number of hydrogen-bond acceptors (Lipinski definition) is 2. The zero-order valence-electron chi connectivity index (χ0n) is 9.33. The van der Waals surface area contributed by atoms with E-state index in [0.717, 1.165) is 19.6 Å². The normalized spacial score (nSPS) is 19.3. The third-order valence-electron chi connectivity index (χ3n) is 2.94. The van der Waals surface area contributed by atoms with Crippen LogP contribution in [-0.2, 0) is 6.54 Å². The fourth-order valence-corrected chi connectivity index (χ4v) is 2.07. The first kappa shape index (κ1) is 10.2. The highest BCUT2D eigenvalue weighted by Crippen LogP contribution is 2.29. The summed E-state index contributed by atoms with van der Waals surface area (Å²) in [5, 5.41) is 8.89. The van der Waals surface area contributed by atoms with Crippen LogP contribution >= 0.6 is 0 Å². The average Bonchev–Trinajstić information content (AvgIpc) is 2.19. The van der Waals surface area contributed by atoms with Crippen molar-refractivity contribution in [1.82, 2.24) is 4.90 Å². The quantitative estimate of drug-likeness (QED) is 0.732. The van der Waals surface area contributed by atoms with E-state index in [4.69, 9.17) is 5.26 Å². The largest absolute Gasteiger partial charge is 0.296 e. The second kappa shape index (κ2) is 3.67. The second-order valence-electron chi connectivity index (χ2n) is 4.80. The van der Waals surface area contributed by atoms with Crippen molar-refractivity contribution in [2.24, 2.45) is 5.41 Å². The van der Waals surface area contributed by atoms with Gasteiger partial charge in [-0.1, -0.05) is 29.8 Å². The molecule has 2 heteroatoms. The fourth-order valence-electron chi connectivity index (χ4n) is 2.07. The van der Waals surface area contributed by atoms with Crippen LogP contribution in [0.25, 0.3) is 0 Å². The second-order valence-corrected chi connectivity index (χ2v) is 4.80. The molecule has 1 heterocycles. The van der Waals surface area contributed by atoms with E-state index in [1.54, 1.807) is 0 Å². The summed E-state index contributed by atoms with van der Waals surface area (Å²) in [5.74, 6) is 0. The Balaban J connectivity index is 1.91. The van der Waals surface area contributed by atoms with Gasteiger partial charge in [0, 0.05) is 19.6 Å². The first-order valence-electron chi connectivity index (χ1n) is 5.30. The highest BCUT2D eigenvalue weighted by molar-refractivity contribution is 5.22. The molecule has 78 valence electrons. The van der Waals surface area contributed by atoms with E-state index in [1.807, 2.05) is 6.92 Å². The van der Waals surface area contributed by atoms with Crippen LogP contribution in [0.3, 0.4) is 0 Å². The van der Waals surface area contributed by atoms with Gasteiger partial charge in [-0.25, -0.2) is 0 Å². The molecule has 0 aliphatic carbocycles. The van der Waals surface area contributed by atoms with Crippen molar-refractivity contribution in [1.29, 1.82) is 5.26 Å². The van der Waals surface area contributed by atoms with Crippen LogP contribution in [0.15, 0.2) is 24.3 Å². The van der Waals surface area contributed by atoms with Crippen molar-refractivity contribution >= 4 is 0 Å². The van der Waals surface area contributed by atoms with Gasteiger partial charge in [-0.2, -0.15) is 5.26 Å². The molecule has 0 bridgehead atoms. The van der Waals surface area contributed by atoms with Gasteiger partial charge in [-0.15, -0.1) is 0 Å². The van der Waals surface area contributed by atoms with Gasteiger partial charge in [0.1, 0.15) is 0 Å². The van der Waals surface area contributed by atoms with Crippen molar-refractivity contribution in [3.8, 4) is 6.07 Å². The highest BCUT2D eigenvalue weighted by atomic mass is 15.2. The zero-order chi connectivity index (χ0) is 10.9. The maximum Gasteiger partial charge on any atom is 0.0799 e. The molecule has 2 rings (SSSR count). The Kier molecular flexibility index (Phi) is 2.50. The predicted molar refractivity (Wildman–Crippen MR) is 60.2 cm³/mol. The lowest BCUT2D eigenvalue weighted by Gasteiger charge is -2.43. The minimum absolute atomic E-state index is 0.106. The molecule has 0 unspecified atom stereocenters. The van der Waals surface area contributed by atoms with Gasteiger partial charge in [0.2, 0.25) is 0 Å². The van der Waals surface area contributed by atoms with Crippen LogP contribution < -0.4 is 0 Å². The van der Waals surface area contributed by atoms with Crippen LogP contribution in [-0.4, -0.2) is 18.0 Å². The van der Waals surface area contributed by atoms with Gasteiger partial charge in [-0.3, -0.25) is 4.90 Å². The predicted octanol–water partition coefficient (Wildman–Crippen LogP) is 2.34. The molecule has 1 fully saturated rings. The standard InChI is InChI=1S/C13H16N2/c1-11-3-5-12(6-4-11)7-15-9-13(2,8-14)10-15/h3-6H,7,9-10H2,1-2H3. The van der Waals surface area contributed by atoms with Gasteiger partial charge >= 0.3 is 0 Å². The van der Waals surface area contributed by atoms with Crippen molar-refractivity contribution in [3.63, 3.8) is 0 Å². The van der Waals surface area contributed by atoms with E-state index in [2.05, 4.69) is 42.2 Å². The lowest BCUT2D eigenvalue weighted by molar-refractivity contribution is 0.0530. The lowest BCUT2D eigenvalue weighted by atomic mass is 9.83. The molecule has 1 aromatic carbocycles. The van der Waals surface area contributed by atoms with Crippen molar-refractivity contribution in [2.75, 3.05) is 13.1 Å². The number of benzene rings is 1. The molecule has 1 saturated heterocycles. The number of aryl methyl sites for hydroxylation is 1. The Labute approximate surface area is 91.1 Å². The molecule has 1 aromatic rings. The smallest absolute Gasteiger partial charge is 0.0799 e. The maximum atomic E-state index is 8.89. The summed E-state index contributed by atoms with van der Waals surface area (Å²) in [6.45, 7) is 6.89. The molecular formula is C13H16N2. The van der Waals surface area contributed by atoms with Gasteiger partial charge < -0.3 is 0 Å². The first-order chi connectivity index (χ1) is 7.11. The lowest BCUT2D eigenvalue weighted by Crippen LogP contribution is -2.53. The number of likely N-dealkylation sites (tertiary alicyclic amines) is 1. The Morgan fingerprint density at radius 3 is 2.47 bits per heavy atom. The Morgan fingerprint density at radius 1 is 1.33 bits per heavy atom. The molecule has 0 spiro atoms. The molecule has 0 saturated carbocycles. The summed E-state index contributed by atoms with van der Waals surface area (Å²) in [6.07, 6.45) is 0. The molecule has 0 atom stereocenters. The average molecular weight is 200 g/mol. The number of nitrogens with zero attached hydrogens (tertiary/aromatic N) is 2. The van der Waals surface area contributed by atoms with Crippen molar-refractivity contribution in [2.45, 2.75) is 20.4 Å². The Morgan fingerprint density at radius 2 is 1.93 bits per heavy atom. The van der Waals surface area contributed by atoms with Crippen LogP contribution in [0.4, 0.5) is 0 Å². The van der Waals surface area contributed by atoms with E-state index in [9.17, 15) is 0 Å². The maximum absolute atomic E-state index is 8.89. The summed E-state index contributed by atoms with van der Waals surface area (Å²) in [4.78, 5) is 2.31. The van der Waals surface area contributed by atoms with Gasteiger partial charge in [-0.05, 0) is 19.4 Å². The number of hydrogen-bond donors (Lipinski definition) is 0. The van der Waals surface area contributed by atoms with Crippen LogP contribution in [0.1, 0.15) is 18.1 Å². The SMILES string of the molecule is Cc1ccc(CN2CC(C)(C#N)C2)cc1. The molecule has 15 heavy (non-hydrogen) atoms. The van der Waals surface area contributed by atoms with E-state index < -0.39 is 0 Å². The minimum Gasteiger partial charge on any atom is -0.296 e. The van der Waals surface area contributed by atoms with Crippen LogP contribution in [0, 0.1) is 23.7 Å². The monoisotopic (exact) mass is 200 g/mol. The molecular weight excluding hydrogens is 184 g/mol. The van der Waals surface area contributed by atoms with Crippen molar-refractivity contribution < 1.29 is 0 Å². The summed E-state index contributed by atoms with van der Waals surface area (Å²) < 4.78 is 0. The first-order valence-corrected chi connectivity index (χ1v) is 5.30. The Hall–Kier alpha value is -1.33. The number of nitriles is 1. The van der Waals surface area contributed by atoms with Crippen LogP contribution in [0.5, 0.6) is 0 Å². The molecule has 1 aliphatic heterocycles. The summed E-state index contributed by atoms with van der Waals surface area (Å²) in [6, 6.07) is 11.0. The highest BCUT2D eigenvalue weighted by Gasteiger charge is 2.38. The molecule has 0 aromatic heterocycles.